The van der Waals surface area contributed by atoms with E-state index in [2.05, 4.69) is 0 Å². The molecule has 1 aliphatic carbocycles. The molecule has 0 heterocycles. The van der Waals surface area contributed by atoms with E-state index < -0.39 is 0 Å². The van der Waals surface area contributed by atoms with Gasteiger partial charge in [0.25, 0.3) is 0 Å². The summed E-state index contributed by atoms with van der Waals surface area (Å²) >= 11 is 0. The summed E-state index contributed by atoms with van der Waals surface area (Å²) in [6, 6.07) is 0. The maximum absolute atomic E-state index is 12.3. The van der Waals surface area contributed by atoms with Gasteiger partial charge in [-0.05, 0) is 25.7 Å². The Labute approximate surface area is 49.4 Å². The minimum Gasteiger partial charge on any atom is -0.212 e. The van der Waals surface area contributed by atoms with Crippen molar-refractivity contribution in [2.45, 2.75) is 32.1 Å². The maximum atomic E-state index is 12.3. The van der Waals surface area contributed by atoms with Crippen LogP contribution in [0, 0.1) is 0 Å². The van der Waals surface area contributed by atoms with Gasteiger partial charge in [-0.1, -0.05) is 12.5 Å². The molecule has 8 heavy (non-hydrogen) atoms. The standard InChI is InChI=1S/C7H11F/c8-7-5-3-1-2-4-6-7/h5H,1-4,6H2. The lowest BCUT2D eigenvalue weighted by Crippen LogP contribution is -1.70. The fourth-order valence-electron chi connectivity index (χ4n) is 0.976. The molecule has 0 spiro atoms. The van der Waals surface area contributed by atoms with E-state index in [0.29, 0.717) is 6.42 Å². The smallest absolute Gasteiger partial charge is 0.0959 e. The van der Waals surface area contributed by atoms with E-state index in [1.54, 1.807) is 6.08 Å². The fourth-order valence-corrected chi connectivity index (χ4v) is 0.976. The maximum Gasteiger partial charge on any atom is 0.0959 e. The summed E-state index contributed by atoms with van der Waals surface area (Å²) in [4.78, 5) is 0. The Morgan fingerprint density at radius 1 is 1.25 bits per heavy atom. The van der Waals surface area contributed by atoms with E-state index in [0.717, 1.165) is 12.8 Å². The third-order valence-corrected chi connectivity index (χ3v) is 1.49. The predicted octanol–water partition coefficient (Wildman–Crippen LogP) is 2.80. The summed E-state index contributed by atoms with van der Waals surface area (Å²) < 4.78 is 12.3. The van der Waals surface area contributed by atoms with E-state index in [9.17, 15) is 4.39 Å². The first-order valence-corrected chi connectivity index (χ1v) is 3.24. The van der Waals surface area contributed by atoms with Gasteiger partial charge in [-0.2, -0.15) is 0 Å². The Hall–Kier alpha value is -0.330. The van der Waals surface area contributed by atoms with Crippen LogP contribution in [0.2, 0.25) is 0 Å². The van der Waals surface area contributed by atoms with Gasteiger partial charge in [0.05, 0.1) is 5.83 Å². The summed E-state index contributed by atoms with van der Waals surface area (Å²) in [5, 5.41) is 0. The zero-order valence-corrected chi connectivity index (χ0v) is 4.99. The lowest BCUT2D eigenvalue weighted by Gasteiger charge is -1.88. The van der Waals surface area contributed by atoms with E-state index in [4.69, 9.17) is 0 Å². The zero-order valence-electron chi connectivity index (χ0n) is 4.99. The first-order valence-electron chi connectivity index (χ1n) is 3.24. The third kappa shape index (κ3) is 1.65. The summed E-state index contributed by atoms with van der Waals surface area (Å²) in [5.74, 6) is 0.0995. The highest BCUT2D eigenvalue weighted by atomic mass is 19.1. The molecule has 1 heteroatoms. The molecule has 0 amide bonds. The minimum atomic E-state index is 0.0995. The van der Waals surface area contributed by atoms with Crippen molar-refractivity contribution in [2.75, 3.05) is 0 Å². The van der Waals surface area contributed by atoms with Crippen molar-refractivity contribution in [2.24, 2.45) is 0 Å². The van der Waals surface area contributed by atoms with Crippen LogP contribution < -0.4 is 0 Å². The molecule has 0 saturated carbocycles. The average Bonchev–Trinajstić information content (AvgIpc) is 1.94. The molecule has 0 N–H and O–H groups in total. The summed E-state index contributed by atoms with van der Waals surface area (Å²) in [7, 11) is 0. The quantitative estimate of drug-likeness (QED) is 0.454. The van der Waals surface area contributed by atoms with Gasteiger partial charge in [0.2, 0.25) is 0 Å². The summed E-state index contributed by atoms with van der Waals surface area (Å²) in [6.45, 7) is 0. The molecule has 0 atom stereocenters. The van der Waals surface area contributed by atoms with Gasteiger partial charge >= 0.3 is 0 Å². The van der Waals surface area contributed by atoms with Crippen molar-refractivity contribution in [1.29, 1.82) is 0 Å². The third-order valence-electron chi connectivity index (χ3n) is 1.49. The van der Waals surface area contributed by atoms with Crippen LogP contribution >= 0.6 is 0 Å². The van der Waals surface area contributed by atoms with E-state index in [-0.39, 0.29) is 5.83 Å². The molecule has 0 radical (unpaired) electrons. The number of hydrogen-bond acceptors (Lipinski definition) is 0. The van der Waals surface area contributed by atoms with Crippen LogP contribution in [-0.4, -0.2) is 0 Å². The molecule has 0 fully saturated rings. The van der Waals surface area contributed by atoms with Crippen LogP contribution in [0.3, 0.4) is 0 Å². The molecule has 46 valence electrons. The first-order chi connectivity index (χ1) is 3.89. The van der Waals surface area contributed by atoms with Gasteiger partial charge in [0.1, 0.15) is 0 Å². The molecule has 0 nitrogen and oxygen atoms in total. The van der Waals surface area contributed by atoms with Crippen LogP contribution in [0.15, 0.2) is 11.9 Å². The van der Waals surface area contributed by atoms with E-state index >= 15 is 0 Å². The fraction of sp³-hybridized carbons (Fsp3) is 0.714. The highest BCUT2D eigenvalue weighted by molar-refractivity contribution is 4.92. The molecule has 0 aliphatic heterocycles. The van der Waals surface area contributed by atoms with Gasteiger partial charge < -0.3 is 0 Å². The highest BCUT2D eigenvalue weighted by Crippen LogP contribution is 2.16. The molecule has 0 bridgehead atoms. The van der Waals surface area contributed by atoms with Crippen LogP contribution in [0.1, 0.15) is 32.1 Å². The Bertz CT molecular complexity index is 94.6. The summed E-state index contributed by atoms with van der Waals surface area (Å²) in [5.41, 5.74) is 0. The highest BCUT2D eigenvalue weighted by Gasteiger charge is 1.98. The lowest BCUT2D eigenvalue weighted by molar-refractivity contribution is 0.574. The number of halogens is 1. The van der Waals surface area contributed by atoms with Crippen molar-refractivity contribution < 1.29 is 4.39 Å². The van der Waals surface area contributed by atoms with Crippen molar-refractivity contribution in [3.63, 3.8) is 0 Å². The molecule has 0 saturated heterocycles. The van der Waals surface area contributed by atoms with Gasteiger partial charge in [0.15, 0.2) is 0 Å². The van der Waals surface area contributed by atoms with Gasteiger partial charge in [0, 0.05) is 0 Å². The molecule has 0 unspecified atom stereocenters. The van der Waals surface area contributed by atoms with Crippen LogP contribution in [0.25, 0.3) is 0 Å². The number of allylic oxidation sites excluding steroid dienone is 2. The summed E-state index contributed by atoms with van der Waals surface area (Å²) in [6.07, 6.45) is 6.76. The van der Waals surface area contributed by atoms with Crippen molar-refractivity contribution >= 4 is 0 Å². The van der Waals surface area contributed by atoms with Crippen LogP contribution in [0.4, 0.5) is 4.39 Å². The van der Waals surface area contributed by atoms with Crippen molar-refractivity contribution in [3.8, 4) is 0 Å². The Balaban J connectivity index is 2.36. The predicted molar refractivity (Wildman–Crippen MR) is 32.3 cm³/mol. The Morgan fingerprint density at radius 3 is 3.00 bits per heavy atom. The Morgan fingerprint density at radius 2 is 2.12 bits per heavy atom. The molecule has 1 rings (SSSR count). The van der Waals surface area contributed by atoms with Crippen molar-refractivity contribution in [3.05, 3.63) is 11.9 Å². The molecular weight excluding hydrogens is 103 g/mol. The zero-order chi connectivity index (χ0) is 5.82. The second kappa shape index (κ2) is 2.85. The number of rotatable bonds is 0. The molecule has 0 aromatic rings. The van der Waals surface area contributed by atoms with Crippen LogP contribution in [-0.2, 0) is 0 Å². The first kappa shape index (κ1) is 5.80. The molecular formula is C7H11F. The van der Waals surface area contributed by atoms with E-state index in [1.165, 1.54) is 12.8 Å². The lowest BCUT2D eigenvalue weighted by atomic mass is 10.2. The van der Waals surface area contributed by atoms with Crippen molar-refractivity contribution in [1.82, 2.24) is 0 Å². The second-order valence-electron chi connectivity index (χ2n) is 2.25. The van der Waals surface area contributed by atoms with Gasteiger partial charge in [-0.3, -0.25) is 0 Å². The normalized spacial score (nSPS) is 21.9. The molecule has 1 aliphatic rings. The van der Waals surface area contributed by atoms with Gasteiger partial charge in [-0.15, -0.1) is 0 Å². The monoisotopic (exact) mass is 114 g/mol. The molecule has 0 aromatic heterocycles. The van der Waals surface area contributed by atoms with Crippen LogP contribution in [0.5, 0.6) is 0 Å². The SMILES string of the molecule is FC1=CCCCCC1. The minimum absolute atomic E-state index is 0.0995. The average molecular weight is 114 g/mol. The van der Waals surface area contributed by atoms with E-state index in [1.807, 2.05) is 0 Å². The number of hydrogen-bond donors (Lipinski definition) is 0. The Kier molecular flexibility index (Phi) is 2.07. The topological polar surface area (TPSA) is 0 Å². The second-order valence-corrected chi connectivity index (χ2v) is 2.25. The van der Waals surface area contributed by atoms with Gasteiger partial charge in [-0.25, -0.2) is 4.39 Å². The largest absolute Gasteiger partial charge is 0.212 e. The molecule has 0 aromatic carbocycles.